The number of rotatable bonds is 3. The summed E-state index contributed by atoms with van der Waals surface area (Å²) in [5.41, 5.74) is 2.83. The van der Waals surface area contributed by atoms with Crippen molar-refractivity contribution in [1.29, 1.82) is 0 Å². The van der Waals surface area contributed by atoms with Gasteiger partial charge in [-0.05, 0) is 79.0 Å². The molecule has 0 saturated heterocycles. The number of Topliss-reactive ketones (excluding diaryl/α,β-unsaturated/α-hetero) is 1. The number of hydrogen-bond acceptors (Lipinski definition) is 2. The average Bonchev–Trinajstić information content (AvgIpc) is 2.88. The Hall–Kier alpha value is -1.31. The summed E-state index contributed by atoms with van der Waals surface area (Å²) in [5.74, 6) is 3.33. The number of unbranched alkanes of at least 4 members (excludes halogenated alkanes) is 1. The summed E-state index contributed by atoms with van der Waals surface area (Å²) in [6.07, 6.45) is 8.99. The van der Waals surface area contributed by atoms with E-state index in [0.29, 0.717) is 35.2 Å². The first-order valence-electron chi connectivity index (χ1n) is 9.90. The van der Waals surface area contributed by atoms with Gasteiger partial charge in [0.25, 0.3) is 0 Å². The zero-order chi connectivity index (χ0) is 16.9. The fraction of sp³-hybridized carbons (Fsp3) is 0.682. The van der Waals surface area contributed by atoms with E-state index in [0.717, 1.165) is 25.7 Å². The van der Waals surface area contributed by atoms with Crippen LogP contribution in [-0.4, -0.2) is 10.9 Å². The standard InChI is InChI=1S/C22H30O2/c1-3-4-5-14-12-19-17(16-7-6-15(23)13-18(14)16)10-11-22(2)20(19)8-9-21(22)24/h6-7,13-14,17,19-20,23H,3-5,8-12H2,1-2H3/t14-,17+,19+,20-,22-/m0/s1. The van der Waals surface area contributed by atoms with Crippen LogP contribution in [0.4, 0.5) is 0 Å². The fourth-order valence-electron chi connectivity index (χ4n) is 6.21. The predicted molar refractivity (Wildman–Crippen MR) is 96.3 cm³/mol. The molecular weight excluding hydrogens is 296 g/mol. The number of aromatic hydroxyl groups is 1. The molecule has 0 radical (unpaired) electrons. The Labute approximate surface area is 145 Å². The lowest BCUT2D eigenvalue weighted by Crippen LogP contribution is -2.43. The van der Waals surface area contributed by atoms with Crippen molar-refractivity contribution in [3.63, 3.8) is 0 Å². The summed E-state index contributed by atoms with van der Waals surface area (Å²) in [5, 5.41) is 10.0. The fourth-order valence-corrected chi connectivity index (χ4v) is 6.21. The summed E-state index contributed by atoms with van der Waals surface area (Å²) >= 11 is 0. The van der Waals surface area contributed by atoms with E-state index in [1.54, 1.807) is 0 Å². The largest absolute Gasteiger partial charge is 0.508 e. The van der Waals surface area contributed by atoms with Crippen LogP contribution in [-0.2, 0) is 4.79 Å². The van der Waals surface area contributed by atoms with Gasteiger partial charge in [-0.1, -0.05) is 32.8 Å². The Bertz CT molecular complexity index is 649. The maximum absolute atomic E-state index is 12.5. The number of phenolic OH excluding ortho intramolecular Hbond substituents is 1. The van der Waals surface area contributed by atoms with Crippen LogP contribution in [0.1, 0.15) is 88.2 Å². The first-order chi connectivity index (χ1) is 11.5. The minimum Gasteiger partial charge on any atom is -0.508 e. The number of carbonyl (C=O) groups is 1. The summed E-state index contributed by atoms with van der Waals surface area (Å²) in [6.45, 7) is 4.50. The van der Waals surface area contributed by atoms with Crippen LogP contribution < -0.4 is 0 Å². The van der Waals surface area contributed by atoms with Crippen molar-refractivity contribution in [1.82, 2.24) is 0 Å². The van der Waals surface area contributed by atoms with E-state index in [1.165, 1.54) is 36.8 Å². The predicted octanol–water partition coefficient (Wildman–Crippen LogP) is 5.55. The third-order valence-electron chi connectivity index (χ3n) is 7.52. The summed E-state index contributed by atoms with van der Waals surface area (Å²) in [7, 11) is 0. The lowest BCUT2D eigenvalue weighted by Gasteiger charge is -2.50. The number of carbonyl (C=O) groups excluding carboxylic acids is 1. The first-order valence-corrected chi connectivity index (χ1v) is 9.90. The molecule has 24 heavy (non-hydrogen) atoms. The lowest BCUT2D eigenvalue weighted by molar-refractivity contribution is -0.129. The van der Waals surface area contributed by atoms with Crippen molar-refractivity contribution in [3.8, 4) is 5.75 Å². The number of benzene rings is 1. The van der Waals surface area contributed by atoms with E-state index in [1.807, 2.05) is 12.1 Å². The molecule has 0 bridgehead atoms. The Balaban J connectivity index is 1.72. The van der Waals surface area contributed by atoms with Crippen molar-refractivity contribution >= 4 is 5.78 Å². The Morgan fingerprint density at radius 1 is 1.25 bits per heavy atom. The van der Waals surface area contributed by atoms with Gasteiger partial charge in [-0.3, -0.25) is 4.79 Å². The van der Waals surface area contributed by atoms with Gasteiger partial charge in [-0.15, -0.1) is 0 Å². The van der Waals surface area contributed by atoms with Gasteiger partial charge in [0.2, 0.25) is 0 Å². The van der Waals surface area contributed by atoms with Gasteiger partial charge in [0, 0.05) is 11.8 Å². The molecule has 2 fully saturated rings. The smallest absolute Gasteiger partial charge is 0.139 e. The van der Waals surface area contributed by atoms with Gasteiger partial charge >= 0.3 is 0 Å². The molecule has 2 heteroatoms. The van der Waals surface area contributed by atoms with Gasteiger partial charge in [0.1, 0.15) is 11.5 Å². The molecule has 0 amide bonds. The number of phenols is 1. The summed E-state index contributed by atoms with van der Waals surface area (Å²) in [4.78, 5) is 12.5. The van der Waals surface area contributed by atoms with Crippen LogP contribution in [0.15, 0.2) is 18.2 Å². The molecule has 3 aliphatic rings. The van der Waals surface area contributed by atoms with Gasteiger partial charge in [0.15, 0.2) is 0 Å². The van der Waals surface area contributed by atoms with Gasteiger partial charge in [0.05, 0.1) is 0 Å². The molecule has 1 N–H and O–H groups in total. The van der Waals surface area contributed by atoms with Gasteiger partial charge in [-0.25, -0.2) is 0 Å². The summed E-state index contributed by atoms with van der Waals surface area (Å²) < 4.78 is 0. The Morgan fingerprint density at radius 2 is 2.08 bits per heavy atom. The van der Waals surface area contributed by atoms with Crippen LogP contribution in [0.3, 0.4) is 0 Å². The molecule has 1 aromatic carbocycles. The molecule has 5 atom stereocenters. The van der Waals surface area contributed by atoms with Gasteiger partial charge < -0.3 is 5.11 Å². The topological polar surface area (TPSA) is 37.3 Å². The lowest BCUT2D eigenvalue weighted by atomic mass is 9.54. The zero-order valence-corrected chi connectivity index (χ0v) is 15.1. The number of fused-ring (bicyclic) bond motifs is 5. The van der Waals surface area contributed by atoms with Gasteiger partial charge in [-0.2, -0.15) is 0 Å². The number of hydrogen-bond donors (Lipinski definition) is 1. The van der Waals surface area contributed by atoms with Crippen molar-refractivity contribution in [2.24, 2.45) is 17.3 Å². The summed E-state index contributed by atoms with van der Waals surface area (Å²) in [6, 6.07) is 6.07. The van der Waals surface area contributed by atoms with E-state index in [9.17, 15) is 9.90 Å². The highest BCUT2D eigenvalue weighted by molar-refractivity contribution is 5.87. The highest BCUT2D eigenvalue weighted by Crippen LogP contribution is 2.61. The minimum absolute atomic E-state index is 0.0507. The molecule has 2 saturated carbocycles. The molecule has 0 spiro atoms. The second-order valence-electron chi connectivity index (χ2n) is 8.68. The van der Waals surface area contributed by atoms with E-state index in [-0.39, 0.29) is 5.41 Å². The monoisotopic (exact) mass is 326 g/mol. The first kappa shape index (κ1) is 16.2. The quantitative estimate of drug-likeness (QED) is 0.791. The van der Waals surface area contributed by atoms with Crippen LogP contribution >= 0.6 is 0 Å². The molecular formula is C22H30O2. The highest BCUT2D eigenvalue weighted by atomic mass is 16.3. The minimum atomic E-state index is -0.0507. The highest BCUT2D eigenvalue weighted by Gasteiger charge is 2.55. The maximum Gasteiger partial charge on any atom is 0.139 e. The average molecular weight is 326 g/mol. The zero-order valence-electron chi connectivity index (χ0n) is 15.1. The molecule has 0 heterocycles. The number of ketones is 1. The molecule has 1 aromatic rings. The van der Waals surface area contributed by atoms with Crippen LogP contribution in [0.5, 0.6) is 5.75 Å². The van der Waals surface area contributed by atoms with Crippen LogP contribution in [0.25, 0.3) is 0 Å². The normalized spacial score (nSPS) is 37.7. The Morgan fingerprint density at radius 3 is 2.88 bits per heavy atom. The molecule has 130 valence electrons. The van der Waals surface area contributed by atoms with E-state index in [2.05, 4.69) is 19.9 Å². The molecule has 3 aliphatic carbocycles. The second-order valence-corrected chi connectivity index (χ2v) is 8.68. The van der Waals surface area contributed by atoms with E-state index < -0.39 is 0 Å². The van der Waals surface area contributed by atoms with E-state index in [4.69, 9.17) is 0 Å². The van der Waals surface area contributed by atoms with Crippen molar-refractivity contribution < 1.29 is 9.90 Å². The van der Waals surface area contributed by atoms with Crippen molar-refractivity contribution in [2.75, 3.05) is 0 Å². The molecule has 2 nitrogen and oxygen atoms in total. The third kappa shape index (κ3) is 2.33. The van der Waals surface area contributed by atoms with Crippen LogP contribution in [0, 0.1) is 17.3 Å². The molecule has 0 unspecified atom stereocenters. The van der Waals surface area contributed by atoms with Crippen molar-refractivity contribution in [2.45, 2.75) is 77.0 Å². The van der Waals surface area contributed by atoms with Crippen molar-refractivity contribution in [3.05, 3.63) is 29.3 Å². The second kappa shape index (κ2) is 5.89. The molecule has 4 rings (SSSR count). The van der Waals surface area contributed by atoms with Crippen LogP contribution in [0.2, 0.25) is 0 Å². The SMILES string of the molecule is CCCC[C@H]1C[C@@H]2[C@H](CC[C@]3(C)C(=O)CC[C@@H]23)c2ccc(O)cc21. The van der Waals surface area contributed by atoms with E-state index >= 15 is 0 Å². The maximum atomic E-state index is 12.5. The molecule has 0 aromatic heterocycles. The molecule has 0 aliphatic heterocycles. The third-order valence-corrected chi connectivity index (χ3v) is 7.52. The Kier molecular flexibility index (Phi) is 3.97.